The molecule has 3 heteroatoms. The third-order valence-electron chi connectivity index (χ3n) is 3.02. The van der Waals surface area contributed by atoms with Crippen molar-refractivity contribution in [1.82, 2.24) is 0 Å². The van der Waals surface area contributed by atoms with Gasteiger partial charge in [-0.15, -0.1) is 0 Å². The van der Waals surface area contributed by atoms with Crippen molar-refractivity contribution in [2.45, 2.75) is 31.6 Å². The van der Waals surface area contributed by atoms with Crippen molar-refractivity contribution >= 4 is 9.84 Å². The van der Waals surface area contributed by atoms with E-state index >= 15 is 0 Å². The van der Waals surface area contributed by atoms with E-state index in [-0.39, 0.29) is 5.41 Å². The first-order chi connectivity index (χ1) is 6.91. The fourth-order valence-electron chi connectivity index (χ4n) is 1.65. The SMILES string of the molecule is Cc1ccc(S(=O)(=O)CC2(C)CC2)cc1. The van der Waals surface area contributed by atoms with Crippen molar-refractivity contribution in [3.63, 3.8) is 0 Å². The minimum atomic E-state index is -3.07. The Labute approximate surface area is 91.2 Å². The van der Waals surface area contributed by atoms with Crippen molar-refractivity contribution < 1.29 is 8.42 Å². The second kappa shape index (κ2) is 3.34. The molecule has 1 aliphatic rings. The molecule has 1 aliphatic carbocycles. The van der Waals surface area contributed by atoms with Crippen molar-refractivity contribution in [2.75, 3.05) is 5.75 Å². The topological polar surface area (TPSA) is 34.1 Å². The summed E-state index contributed by atoms with van der Waals surface area (Å²) >= 11 is 0. The number of benzene rings is 1. The molecule has 0 saturated heterocycles. The van der Waals surface area contributed by atoms with Gasteiger partial charge < -0.3 is 0 Å². The van der Waals surface area contributed by atoms with E-state index in [1.807, 2.05) is 26.0 Å². The summed E-state index contributed by atoms with van der Waals surface area (Å²) < 4.78 is 24.0. The molecule has 0 aliphatic heterocycles. The maximum Gasteiger partial charge on any atom is 0.178 e. The molecule has 1 aromatic carbocycles. The highest BCUT2D eigenvalue weighted by atomic mass is 32.2. The molecule has 0 spiro atoms. The summed E-state index contributed by atoms with van der Waals surface area (Å²) in [4.78, 5) is 0.459. The van der Waals surface area contributed by atoms with Gasteiger partial charge in [0.25, 0.3) is 0 Å². The zero-order chi connectivity index (χ0) is 11.1. The van der Waals surface area contributed by atoms with Crippen LogP contribution < -0.4 is 0 Å². The zero-order valence-corrected chi connectivity index (χ0v) is 9.97. The summed E-state index contributed by atoms with van der Waals surface area (Å²) in [6.07, 6.45) is 2.08. The second-order valence-corrected chi connectivity index (χ2v) is 6.87. The highest BCUT2D eigenvalue weighted by Crippen LogP contribution is 2.46. The molecule has 0 N–H and O–H groups in total. The molecule has 0 atom stereocenters. The van der Waals surface area contributed by atoms with E-state index in [0.29, 0.717) is 10.6 Å². The van der Waals surface area contributed by atoms with Gasteiger partial charge in [-0.05, 0) is 37.3 Å². The van der Waals surface area contributed by atoms with Gasteiger partial charge in [-0.3, -0.25) is 0 Å². The van der Waals surface area contributed by atoms with Crippen LogP contribution in [0, 0.1) is 12.3 Å². The summed E-state index contributed by atoms with van der Waals surface area (Å²) in [6.45, 7) is 4.00. The predicted molar refractivity (Wildman–Crippen MR) is 60.6 cm³/mol. The van der Waals surface area contributed by atoms with Crippen LogP contribution in [0.1, 0.15) is 25.3 Å². The molecule has 0 bridgehead atoms. The van der Waals surface area contributed by atoms with E-state index in [1.54, 1.807) is 12.1 Å². The first kappa shape index (κ1) is 10.7. The molecule has 0 unspecified atom stereocenters. The Balaban J connectivity index is 2.25. The van der Waals surface area contributed by atoms with Gasteiger partial charge in [-0.2, -0.15) is 0 Å². The van der Waals surface area contributed by atoms with Crippen molar-refractivity contribution in [3.8, 4) is 0 Å². The highest BCUT2D eigenvalue weighted by Gasteiger charge is 2.41. The number of hydrogen-bond acceptors (Lipinski definition) is 2. The number of sulfone groups is 1. The Morgan fingerprint density at radius 3 is 2.20 bits per heavy atom. The molecular weight excluding hydrogens is 208 g/mol. The van der Waals surface area contributed by atoms with E-state index < -0.39 is 9.84 Å². The Morgan fingerprint density at radius 2 is 1.73 bits per heavy atom. The van der Waals surface area contributed by atoms with Gasteiger partial charge in [0.2, 0.25) is 0 Å². The lowest BCUT2D eigenvalue weighted by Gasteiger charge is -2.09. The quantitative estimate of drug-likeness (QED) is 0.790. The predicted octanol–water partition coefficient (Wildman–Crippen LogP) is 2.57. The molecule has 15 heavy (non-hydrogen) atoms. The lowest BCUT2D eigenvalue weighted by atomic mass is 10.2. The zero-order valence-electron chi connectivity index (χ0n) is 9.16. The van der Waals surface area contributed by atoms with Gasteiger partial charge in [-0.1, -0.05) is 24.6 Å². The van der Waals surface area contributed by atoms with Crippen molar-refractivity contribution in [2.24, 2.45) is 5.41 Å². The van der Waals surface area contributed by atoms with E-state index in [1.165, 1.54) is 0 Å². The maximum atomic E-state index is 12.0. The minimum absolute atomic E-state index is 0.0454. The third kappa shape index (κ3) is 2.40. The molecule has 0 amide bonds. The minimum Gasteiger partial charge on any atom is -0.224 e. The van der Waals surface area contributed by atoms with Gasteiger partial charge in [0.05, 0.1) is 10.6 Å². The molecule has 1 fully saturated rings. The van der Waals surface area contributed by atoms with Crippen LogP contribution >= 0.6 is 0 Å². The Hall–Kier alpha value is -0.830. The Morgan fingerprint density at radius 1 is 1.20 bits per heavy atom. The standard InChI is InChI=1S/C12H16O2S/c1-10-3-5-11(6-4-10)15(13,14)9-12(2)7-8-12/h3-6H,7-9H2,1-2H3. The van der Waals surface area contributed by atoms with Crippen LogP contribution in [0.15, 0.2) is 29.2 Å². The summed E-state index contributed by atoms with van der Waals surface area (Å²) in [5, 5.41) is 0. The third-order valence-corrected chi connectivity index (χ3v) is 5.09. The fourth-order valence-corrected chi connectivity index (χ4v) is 3.57. The molecule has 0 radical (unpaired) electrons. The van der Waals surface area contributed by atoms with Crippen LogP contribution in [0.2, 0.25) is 0 Å². The van der Waals surface area contributed by atoms with Crippen LogP contribution in [0.3, 0.4) is 0 Å². The lowest BCUT2D eigenvalue weighted by Crippen LogP contribution is -2.14. The van der Waals surface area contributed by atoms with Gasteiger partial charge in [0, 0.05) is 0 Å². The largest absolute Gasteiger partial charge is 0.224 e. The van der Waals surface area contributed by atoms with Crippen LogP contribution in [-0.4, -0.2) is 14.2 Å². The first-order valence-corrected chi connectivity index (χ1v) is 6.86. The average molecular weight is 224 g/mol. The van der Waals surface area contributed by atoms with Crippen LogP contribution in [-0.2, 0) is 9.84 Å². The van der Waals surface area contributed by atoms with Gasteiger partial charge in [-0.25, -0.2) is 8.42 Å². The number of aryl methyl sites for hydroxylation is 1. The fraction of sp³-hybridized carbons (Fsp3) is 0.500. The van der Waals surface area contributed by atoms with Gasteiger partial charge in [0.15, 0.2) is 9.84 Å². The van der Waals surface area contributed by atoms with Crippen molar-refractivity contribution in [1.29, 1.82) is 0 Å². The molecule has 2 nitrogen and oxygen atoms in total. The molecular formula is C12H16O2S. The summed E-state index contributed by atoms with van der Waals surface area (Å²) in [7, 11) is -3.07. The second-order valence-electron chi connectivity index (χ2n) is 4.88. The molecule has 0 heterocycles. The van der Waals surface area contributed by atoms with Crippen LogP contribution in [0.5, 0.6) is 0 Å². The summed E-state index contributed by atoms with van der Waals surface area (Å²) in [5.41, 5.74) is 1.13. The smallest absolute Gasteiger partial charge is 0.178 e. The number of hydrogen-bond donors (Lipinski definition) is 0. The Bertz CT molecular complexity index is 453. The lowest BCUT2D eigenvalue weighted by molar-refractivity contribution is 0.568. The Kier molecular flexibility index (Phi) is 2.38. The molecule has 82 valence electrons. The monoisotopic (exact) mass is 224 g/mol. The van der Waals surface area contributed by atoms with E-state index in [0.717, 1.165) is 18.4 Å². The summed E-state index contributed by atoms with van der Waals surface area (Å²) in [6, 6.07) is 7.11. The van der Waals surface area contributed by atoms with Gasteiger partial charge in [0.1, 0.15) is 0 Å². The molecule has 0 aromatic heterocycles. The first-order valence-electron chi connectivity index (χ1n) is 5.21. The molecule has 2 rings (SSSR count). The summed E-state index contributed by atoms with van der Waals surface area (Å²) in [5.74, 6) is 0.295. The molecule has 1 saturated carbocycles. The van der Waals surface area contributed by atoms with E-state index in [2.05, 4.69) is 0 Å². The van der Waals surface area contributed by atoms with E-state index in [9.17, 15) is 8.42 Å². The average Bonchev–Trinajstić information content (AvgIpc) is 2.82. The molecule has 1 aromatic rings. The highest BCUT2D eigenvalue weighted by molar-refractivity contribution is 7.91. The maximum absolute atomic E-state index is 12.0. The normalized spacial score (nSPS) is 18.8. The van der Waals surface area contributed by atoms with Crippen LogP contribution in [0.25, 0.3) is 0 Å². The number of rotatable bonds is 3. The van der Waals surface area contributed by atoms with Crippen LogP contribution in [0.4, 0.5) is 0 Å². The van der Waals surface area contributed by atoms with Crippen molar-refractivity contribution in [3.05, 3.63) is 29.8 Å². The van der Waals surface area contributed by atoms with Gasteiger partial charge >= 0.3 is 0 Å². The van der Waals surface area contributed by atoms with E-state index in [4.69, 9.17) is 0 Å².